The van der Waals surface area contributed by atoms with Crippen LogP contribution in [0.3, 0.4) is 0 Å². The van der Waals surface area contributed by atoms with Crippen LogP contribution in [0, 0.1) is 18.5 Å². The maximum atomic E-state index is 11.8. The second-order valence-electron chi connectivity index (χ2n) is 4.42. The molecule has 1 aliphatic rings. The molecule has 0 spiro atoms. The van der Waals surface area contributed by atoms with Crippen molar-refractivity contribution in [1.82, 2.24) is 4.98 Å². The van der Waals surface area contributed by atoms with Crippen molar-refractivity contribution in [2.24, 2.45) is 0 Å². The summed E-state index contributed by atoms with van der Waals surface area (Å²) in [4.78, 5) is 14.8. The lowest BCUT2D eigenvalue weighted by Crippen LogP contribution is -1.97. The molecule has 0 radical (unpaired) electrons. The molecule has 96 valence electrons. The molecule has 0 saturated carbocycles. The van der Waals surface area contributed by atoms with E-state index in [-0.39, 0.29) is 0 Å². The van der Waals surface area contributed by atoms with E-state index in [4.69, 9.17) is 21.4 Å². The van der Waals surface area contributed by atoms with Gasteiger partial charge in [0.15, 0.2) is 0 Å². The second-order valence-corrected chi connectivity index (χ2v) is 4.82. The van der Waals surface area contributed by atoms with E-state index in [0.29, 0.717) is 27.3 Å². The summed E-state index contributed by atoms with van der Waals surface area (Å²) in [5, 5.41) is 0. The lowest BCUT2D eigenvalue weighted by Gasteiger charge is -1.99. The van der Waals surface area contributed by atoms with E-state index >= 15 is 0 Å². The van der Waals surface area contributed by atoms with Gasteiger partial charge in [-0.1, -0.05) is 12.2 Å². The Morgan fingerprint density at radius 1 is 1.32 bits per heavy atom. The van der Waals surface area contributed by atoms with Gasteiger partial charge in [-0.3, -0.25) is 0 Å². The molecule has 0 atom stereocenters. The normalized spacial score (nSPS) is 15.7. The molecule has 0 fully saturated rings. The van der Waals surface area contributed by atoms with Crippen molar-refractivity contribution in [2.45, 2.75) is 13.8 Å². The molecule has 3 heterocycles. The Labute approximate surface area is 114 Å². The lowest BCUT2D eigenvalue weighted by atomic mass is 10.1. The van der Waals surface area contributed by atoms with Gasteiger partial charge in [0.05, 0.1) is 0 Å². The van der Waals surface area contributed by atoms with Gasteiger partial charge in [-0.05, 0) is 32.0 Å². The van der Waals surface area contributed by atoms with E-state index < -0.39 is 5.97 Å². The summed E-state index contributed by atoms with van der Waals surface area (Å²) in [6.07, 6.45) is 1.70. The number of nitrogens with one attached hydrogen (secondary N) is 1. The molecule has 1 aliphatic heterocycles. The molecular weight excluding hydrogens is 262 g/mol. The van der Waals surface area contributed by atoms with Crippen LogP contribution in [-0.2, 0) is 4.74 Å². The maximum Gasteiger partial charge on any atom is 0.347 e. The van der Waals surface area contributed by atoms with Crippen molar-refractivity contribution < 1.29 is 13.9 Å². The molecule has 0 unspecified atom stereocenters. The first-order valence-electron chi connectivity index (χ1n) is 5.79. The predicted molar refractivity (Wildman–Crippen MR) is 73.1 cm³/mol. The Kier molecular flexibility index (Phi) is 2.64. The summed E-state index contributed by atoms with van der Waals surface area (Å²) >= 11 is 5.16. The van der Waals surface area contributed by atoms with E-state index in [0.717, 1.165) is 11.5 Å². The SMILES string of the molecule is Cc1cc2c(c(=S)[nH]1)C(=O)O/C2=C\c1ccc(C)o1. The van der Waals surface area contributed by atoms with Crippen molar-refractivity contribution in [3.8, 4) is 0 Å². The van der Waals surface area contributed by atoms with E-state index in [9.17, 15) is 4.79 Å². The standard InChI is InChI=1S/C14H11NO3S/c1-7-5-10-11(6-9-4-3-8(2)17-9)18-14(16)12(10)13(19)15-7/h3-6H,1-2H3,(H,15,19)/b11-6-. The van der Waals surface area contributed by atoms with Gasteiger partial charge in [-0.15, -0.1) is 0 Å². The number of fused-ring (bicyclic) bond motifs is 1. The van der Waals surface area contributed by atoms with E-state index in [1.165, 1.54) is 0 Å². The molecule has 0 amide bonds. The fraction of sp³-hybridized carbons (Fsp3) is 0.143. The zero-order valence-corrected chi connectivity index (χ0v) is 11.3. The Morgan fingerprint density at radius 2 is 2.11 bits per heavy atom. The minimum Gasteiger partial charge on any atom is -0.462 e. The number of ether oxygens (including phenoxy) is 1. The summed E-state index contributed by atoms with van der Waals surface area (Å²) in [5.41, 5.74) is 2.00. The molecule has 19 heavy (non-hydrogen) atoms. The Morgan fingerprint density at radius 3 is 2.79 bits per heavy atom. The third-order valence-corrected chi connectivity index (χ3v) is 3.18. The molecule has 4 nitrogen and oxygen atoms in total. The van der Waals surface area contributed by atoms with Crippen molar-refractivity contribution in [2.75, 3.05) is 0 Å². The highest BCUT2D eigenvalue weighted by Crippen LogP contribution is 2.32. The lowest BCUT2D eigenvalue weighted by molar-refractivity contribution is 0.0716. The minimum atomic E-state index is -0.425. The van der Waals surface area contributed by atoms with Gasteiger partial charge < -0.3 is 14.1 Å². The number of H-pyrrole nitrogens is 1. The first-order valence-corrected chi connectivity index (χ1v) is 6.20. The third-order valence-electron chi connectivity index (χ3n) is 2.87. The van der Waals surface area contributed by atoms with Gasteiger partial charge in [0.2, 0.25) is 0 Å². The molecule has 2 aromatic heterocycles. The highest BCUT2D eigenvalue weighted by molar-refractivity contribution is 7.71. The van der Waals surface area contributed by atoms with Gasteiger partial charge in [-0.25, -0.2) is 4.79 Å². The number of pyridine rings is 1. The minimum absolute atomic E-state index is 0.402. The van der Waals surface area contributed by atoms with Crippen LogP contribution in [0.4, 0.5) is 0 Å². The Hall–Kier alpha value is -2.14. The van der Waals surface area contributed by atoms with Crippen molar-refractivity contribution in [3.63, 3.8) is 0 Å². The first kappa shape index (κ1) is 11.9. The number of aryl methyl sites for hydroxylation is 2. The van der Waals surface area contributed by atoms with Gasteiger partial charge in [-0.2, -0.15) is 0 Å². The summed E-state index contributed by atoms with van der Waals surface area (Å²) < 4.78 is 11.1. The highest BCUT2D eigenvalue weighted by Gasteiger charge is 2.28. The number of cyclic esters (lactones) is 1. The number of aromatic nitrogens is 1. The third kappa shape index (κ3) is 2.02. The summed E-state index contributed by atoms with van der Waals surface area (Å²) in [5.74, 6) is 1.49. The van der Waals surface area contributed by atoms with Crippen LogP contribution in [-0.4, -0.2) is 11.0 Å². The molecule has 5 heteroatoms. The largest absolute Gasteiger partial charge is 0.462 e. The van der Waals surface area contributed by atoms with Crippen LogP contribution < -0.4 is 0 Å². The van der Waals surface area contributed by atoms with Gasteiger partial charge >= 0.3 is 5.97 Å². The molecule has 2 aromatic rings. The van der Waals surface area contributed by atoms with Crippen molar-refractivity contribution in [3.05, 3.63) is 51.2 Å². The summed E-state index contributed by atoms with van der Waals surface area (Å²) in [7, 11) is 0. The zero-order chi connectivity index (χ0) is 13.6. The van der Waals surface area contributed by atoms with Gasteiger partial charge in [0.1, 0.15) is 27.5 Å². The van der Waals surface area contributed by atoms with E-state index in [1.54, 1.807) is 6.08 Å². The van der Waals surface area contributed by atoms with Crippen LogP contribution in [0.15, 0.2) is 22.6 Å². The first-order chi connectivity index (χ1) is 9.04. The number of furan rings is 1. The van der Waals surface area contributed by atoms with Crippen LogP contribution in [0.5, 0.6) is 0 Å². The van der Waals surface area contributed by atoms with E-state index in [1.807, 2.05) is 32.0 Å². The predicted octanol–water partition coefficient (Wildman–Crippen LogP) is 3.62. The summed E-state index contributed by atoms with van der Waals surface area (Å²) in [6.45, 7) is 3.74. The molecule has 0 bridgehead atoms. The molecule has 1 N–H and O–H groups in total. The van der Waals surface area contributed by atoms with Crippen LogP contribution in [0.2, 0.25) is 0 Å². The second kappa shape index (κ2) is 4.20. The zero-order valence-electron chi connectivity index (χ0n) is 10.4. The number of rotatable bonds is 1. The van der Waals surface area contributed by atoms with Crippen molar-refractivity contribution in [1.29, 1.82) is 0 Å². The highest BCUT2D eigenvalue weighted by atomic mass is 32.1. The Bertz CT molecular complexity index is 767. The quantitative estimate of drug-likeness (QED) is 0.637. The molecular formula is C14H11NO3S. The van der Waals surface area contributed by atoms with Gasteiger partial charge in [0.25, 0.3) is 0 Å². The molecule has 3 rings (SSSR count). The number of esters is 1. The smallest absolute Gasteiger partial charge is 0.347 e. The van der Waals surface area contributed by atoms with E-state index in [2.05, 4.69) is 4.98 Å². The topological polar surface area (TPSA) is 55.2 Å². The Balaban J connectivity index is 2.17. The monoisotopic (exact) mass is 273 g/mol. The fourth-order valence-corrected chi connectivity index (χ4v) is 2.41. The average molecular weight is 273 g/mol. The molecule has 0 saturated heterocycles. The maximum absolute atomic E-state index is 11.8. The van der Waals surface area contributed by atoms with Crippen LogP contribution in [0.25, 0.3) is 11.8 Å². The summed E-state index contributed by atoms with van der Waals surface area (Å²) in [6, 6.07) is 5.52. The number of aromatic amines is 1. The van der Waals surface area contributed by atoms with Crippen LogP contribution >= 0.6 is 12.2 Å². The molecule has 0 aliphatic carbocycles. The molecule has 0 aromatic carbocycles. The average Bonchev–Trinajstić information content (AvgIpc) is 2.84. The number of carbonyl (C=O) groups is 1. The van der Waals surface area contributed by atoms with Crippen molar-refractivity contribution >= 4 is 30.0 Å². The number of hydrogen-bond acceptors (Lipinski definition) is 4. The van der Waals surface area contributed by atoms with Crippen LogP contribution in [0.1, 0.15) is 33.1 Å². The van der Waals surface area contributed by atoms with Gasteiger partial charge in [0, 0.05) is 17.3 Å². The number of hydrogen-bond donors (Lipinski definition) is 1. The number of carbonyl (C=O) groups excluding carboxylic acids is 1. The fourth-order valence-electron chi connectivity index (χ4n) is 2.06.